The SMILES string of the molecule is CC[Si](CC)(CC)C[C@]1(C)C(=O)n2c(nc3ccccc32)-c2c([C@@H]3CC(C)CC[C@H]3C(C)C)cc(C(=O)O)cc21. The Balaban J connectivity index is 1.89. The number of aromatic carboxylic acids is 1. The van der Waals surface area contributed by atoms with Gasteiger partial charge in [0.2, 0.25) is 5.91 Å². The molecule has 2 aromatic carbocycles. The quantitative estimate of drug-likeness (QED) is 0.280. The smallest absolute Gasteiger partial charge is 0.335 e. The molecule has 40 heavy (non-hydrogen) atoms. The fourth-order valence-electron chi connectivity index (χ4n) is 8.13. The maximum absolute atomic E-state index is 14.8. The highest BCUT2D eigenvalue weighted by Crippen LogP contribution is 2.53. The number of carbonyl (C=O) groups excluding carboxylic acids is 1. The summed E-state index contributed by atoms with van der Waals surface area (Å²) in [7, 11) is -1.80. The van der Waals surface area contributed by atoms with Gasteiger partial charge in [0.1, 0.15) is 5.82 Å². The molecule has 0 bridgehead atoms. The van der Waals surface area contributed by atoms with Crippen LogP contribution in [-0.2, 0) is 5.41 Å². The minimum Gasteiger partial charge on any atom is -0.478 e. The molecule has 214 valence electrons. The molecule has 1 saturated carbocycles. The molecule has 0 spiro atoms. The van der Waals surface area contributed by atoms with Gasteiger partial charge in [-0.25, -0.2) is 9.78 Å². The van der Waals surface area contributed by atoms with Crippen LogP contribution in [-0.4, -0.2) is 34.6 Å². The van der Waals surface area contributed by atoms with Crippen LogP contribution in [0.15, 0.2) is 36.4 Å². The van der Waals surface area contributed by atoms with Gasteiger partial charge in [-0.1, -0.05) is 78.2 Å². The zero-order valence-electron chi connectivity index (χ0n) is 25.4. The van der Waals surface area contributed by atoms with Gasteiger partial charge in [0.15, 0.2) is 0 Å². The van der Waals surface area contributed by atoms with Gasteiger partial charge in [0, 0.05) is 5.56 Å². The second kappa shape index (κ2) is 10.6. The van der Waals surface area contributed by atoms with Crippen molar-refractivity contribution in [1.82, 2.24) is 9.55 Å². The summed E-state index contributed by atoms with van der Waals surface area (Å²) in [6.45, 7) is 15.9. The molecule has 1 N–H and O–H groups in total. The van der Waals surface area contributed by atoms with Crippen LogP contribution in [0.5, 0.6) is 0 Å². The second-order valence-electron chi connectivity index (χ2n) is 13.4. The first-order valence-corrected chi connectivity index (χ1v) is 18.3. The standard InChI is InChI=1S/C34H46N2O3Si/c1-8-40(9-2,10-3)20-34(7)27-19-23(32(37)38)18-26(25-17-22(6)15-16-24(25)21(4)5)30(27)31-35-28-13-11-12-14-29(28)36(31)33(34)39/h11-14,18-19,21-22,24-25H,8-10,15-17,20H2,1-7H3,(H,37,38)/t22?,24-,25+,34-/m0/s1. The van der Waals surface area contributed by atoms with Crippen LogP contribution >= 0.6 is 0 Å². The number of hydrogen-bond acceptors (Lipinski definition) is 3. The van der Waals surface area contributed by atoms with Crippen molar-refractivity contribution in [3.05, 3.63) is 53.1 Å². The van der Waals surface area contributed by atoms with Crippen molar-refractivity contribution in [1.29, 1.82) is 0 Å². The summed E-state index contributed by atoms with van der Waals surface area (Å²) in [5.74, 6) is 1.56. The number of hydrogen-bond donors (Lipinski definition) is 1. The van der Waals surface area contributed by atoms with Crippen LogP contribution in [0.3, 0.4) is 0 Å². The molecule has 1 fully saturated rings. The number of para-hydroxylation sites is 2. The molecule has 5 rings (SSSR count). The Labute approximate surface area is 240 Å². The van der Waals surface area contributed by atoms with Crippen molar-refractivity contribution in [2.75, 3.05) is 0 Å². The average molecular weight is 559 g/mol. The minimum absolute atomic E-state index is 0.0434. The van der Waals surface area contributed by atoms with E-state index >= 15 is 0 Å². The highest BCUT2D eigenvalue weighted by molar-refractivity contribution is 6.80. The van der Waals surface area contributed by atoms with E-state index in [0.29, 0.717) is 29.1 Å². The Bertz CT molecular complexity index is 1440. The van der Waals surface area contributed by atoms with Gasteiger partial charge >= 0.3 is 5.97 Å². The monoisotopic (exact) mass is 558 g/mol. The third-order valence-corrected chi connectivity index (χ3v) is 16.8. The first kappa shape index (κ1) is 28.8. The first-order chi connectivity index (χ1) is 19.0. The van der Waals surface area contributed by atoms with Gasteiger partial charge in [-0.2, -0.15) is 0 Å². The Morgan fingerprint density at radius 3 is 2.42 bits per heavy atom. The van der Waals surface area contributed by atoms with Crippen molar-refractivity contribution in [2.24, 2.45) is 17.8 Å². The third kappa shape index (κ3) is 4.47. The molecule has 2 aliphatic rings. The Hall–Kier alpha value is -2.73. The number of carboxylic acids is 1. The van der Waals surface area contributed by atoms with Crippen LogP contribution in [0.25, 0.3) is 22.4 Å². The maximum atomic E-state index is 14.8. The minimum atomic E-state index is -1.80. The molecule has 0 saturated heterocycles. The van der Waals surface area contributed by atoms with E-state index in [-0.39, 0.29) is 11.8 Å². The molecule has 1 aliphatic heterocycles. The van der Waals surface area contributed by atoms with Gasteiger partial charge in [0.05, 0.1) is 30.1 Å². The Morgan fingerprint density at radius 1 is 1.12 bits per heavy atom. The molecule has 0 radical (unpaired) electrons. The van der Waals surface area contributed by atoms with E-state index in [2.05, 4.69) is 48.5 Å². The number of imidazole rings is 1. The van der Waals surface area contributed by atoms with Gasteiger partial charge in [-0.05, 0) is 84.9 Å². The number of fused-ring (bicyclic) bond motifs is 5. The van der Waals surface area contributed by atoms with Crippen molar-refractivity contribution in [2.45, 2.75) is 103 Å². The maximum Gasteiger partial charge on any atom is 0.335 e. The number of rotatable bonds is 8. The summed E-state index contributed by atoms with van der Waals surface area (Å²) < 4.78 is 1.89. The average Bonchev–Trinajstić information content (AvgIpc) is 3.33. The van der Waals surface area contributed by atoms with Crippen LogP contribution in [0, 0.1) is 17.8 Å². The van der Waals surface area contributed by atoms with E-state index in [4.69, 9.17) is 4.98 Å². The molecule has 2 heterocycles. The summed E-state index contributed by atoms with van der Waals surface area (Å²) in [5.41, 5.74) is 4.16. The molecular formula is C34H46N2O3Si. The molecule has 1 aliphatic carbocycles. The summed E-state index contributed by atoms with van der Waals surface area (Å²) in [6.07, 6.45) is 3.37. The molecule has 3 aromatic rings. The predicted molar refractivity (Wildman–Crippen MR) is 166 cm³/mol. The number of carbonyl (C=O) groups is 2. The second-order valence-corrected chi connectivity index (χ2v) is 18.8. The molecule has 4 atom stereocenters. The highest BCUT2D eigenvalue weighted by Gasteiger charge is 2.50. The number of aromatic nitrogens is 2. The molecule has 6 heteroatoms. The largest absolute Gasteiger partial charge is 0.478 e. The van der Waals surface area contributed by atoms with Crippen LogP contribution in [0.4, 0.5) is 0 Å². The first-order valence-electron chi connectivity index (χ1n) is 15.4. The van der Waals surface area contributed by atoms with E-state index in [1.807, 2.05) is 41.0 Å². The third-order valence-electron chi connectivity index (χ3n) is 10.9. The van der Waals surface area contributed by atoms with E-state index in [9.17, 15) is 14.7 Å². The van der Waals surface area contributed by atoms with Crippen molar-refractivity contribution in [3.8, 4) is 11.4 Å². The van der Waals surface area contributed by atoms with E-state index < -0.39 is 19.5 Å². The van der Waals surface area contributed by atoms with Gasteiger partial charge < -0.3 is 5.11 Å². The lowest BCUT2D eigenvalue weighted by Crippen LogP contribution is -2.48. The predicted octanol–water partition coefficient (Wildman–Crippen LogP) is 9.00. The lowest BCUT2D eigenvalue weighted by Gasteiger charge is -2.44. The summed E-state index contributed by atoms with van der Waals surface area (Å²) >= 11 is 0. The van der Waals surface area contributed by atoms with Crippen LogP contribution in [0.1, 0.15) is 99.9 Å². The summed E-state index contributed by atoms with van der Waals surface area (Å²) in [6, 6.07) is 15.8. The van der Waals surface area contributed by atoms with Crippen molar-refractivity contribution >= 4 is 31.0 Å². The molecule has 1 aromatic heterocycles. The Morgan fingerprint density at radius 2 is 1.80 bits per heavy atom. The van der Waals surface area contributed by atoms with E-state index in [1.165, 1.54) is 6.42 Å². The molecule has 5 nitrogen and oxygen atoms in total. The lowest BCUT2D eigenvalue weighted by atomic mass is 9.65. The topological polar surface area (TPSA) is 72.2 Å². The van der Waals surface area contributed by atoms with Gasteiger partial charge in [-0.3, -0.25) is 9.36 Å². The lowest BCUT2D eigenvalue weighted by molar-refractivity contribution is 0.0694. The number of nitrogens with zero attached hydrogens (tertiary/aromatic N) is 2. The van der Waals surface area contributed by atoms with Gasteiger partial charge in [0.25, 0.3) is 0 Å². The molecule has 1 unspecified atom stereocenters. The van der Waals surface area contributed by atoms with Crippen molar-refractivity contribution < 1.29 is 14.7 Å². The Kier molecular flexibility index (Phi) is 7.62. The molecule has 0 amide bonds. The van der Waals surface area contributed by atoms with Gasteiger partial charge in [-0.15, -0.1) is 0 Å². The van der Waals surface area contributed by atoms with Crippen molar-refractivity contribution in [3.63, 3.8) is 0 Å². The fraction of sp³-hybridized carbons (Fsp3) is 0.559. The van der Waals surface area contributed by atoms with E-state index in [1.54, 1.807) is 0 Å². The normalized spacial score (nSPS) is 24.8. The zero-order chi connectivity index (χ0) is 29.0. The zero-order valence-corrected chi connectivity index (χ0v) is 26.4. The summed E-state index contributed by atoms with van der Waals surface area (Å²) in [4.78, 5) is 32.5. The number of carboxylic acid groups (broad SMARTS) is 1. The van der Waals surface area contributed by atoms with E-state index in [0.717, 1.165) is 64.7 Å². The van der Waals surface area contributed by atoms with Crippen LogP contribution in [0.2, 0.25) is 24.2 Å². The van der Waals surface area contributed by atoms with Crippen LogP contribution < -0.4 is 0 Å². The highest BCUT2D eigenvalue weighted by atomic mass is 28.3. The summed E-state index contributed by atoms with van der Waals surface area (Å²) in [5, 5.41) is 10.4. The number of benzene rings is 2. The fourth-order valence-corrected chi connectivity index (χ4v) is 12.2. The molecular weight excluding hydrogens is 512 g/mol.